The van der Waals surface area contributed by atoms with Crippen LogP contribution in [0.3, 0.4) is 0 Å². The SMILES string of the molecule is NC(=O)C1CCCN(Cc2cccc(CN=C(N)Nc3cccc4c3CCCC4)c2)C1. The number of hydrogen-bond donors (Lipinski definition) is 3. The Morgan fingerprint density at radius 1 is 1.06 bits per heavy atom. The Morgan fingerprint density at radius 2 is 1.87 bits per heavy atom. The molecule has 164 valence electrons. The van der Waals surface area contributed by atoms with Crippen molar-refractivity contribution in [3.05, 3.63) is 64.7 Å². The van der Waals surface area contributed by atoms with E-state index in [-0.39, 0.29) is 11.8 Å². The summed E-state index contributed by atoms with van der Waals surface area (Å²) in [5.74, 6) is 0.233. The van der Waals surface area contributed by atoms with Crippen molar-refractivity contribution in [2.24, 2.45) is 22.4 Å². The summed E-state index contributed by atoms with van der Waals surface area (Å²) in [7, 11) is 0. The molecule has 1 heterocycles. The van der Waals surface area contributed by atoms with Crippen molar-refractivity contribution in [3.8, 4) is 0 Å². The molecule has 1 amide bonds. The number of guanidine groups is 1. The highest BCUT2D eigenvalue weighted by Crippen LogP contribution is 2.27. The number of nitrogens with one attached hydrogen (secondary N) is 1. The van der Waals surface area contributed by atoms with Crippen molar-refractivity contribution in [1.82, 2.24) is 4.90 Å². The molecule has 0 saturated carbocycles. The summed E-state index contributed by atoms with van der Waals surface area (Å²) in [6.07, 6.45) is 6.65. The predicted octanol–water partition coefficient (Wildman–Crippen LogP) is 3.19. The van der Waals surface area contributed by atoms with E-state index in [4.69, 9.17) is 11.5 Å². The fourth-order valence-corrected chi connectivity index (χ4v) is 4.77. The molecular weight excluding hydrogens is 386 g/mol. The molecule has 1 unspecified atom stereocenters. The van der Waals surface area contributed by atoms with Gasteiger partial charge in [-0.05, 0) is 73.4 Å². The number of carbonyl (C=O) groups excluding carboxylic acids is 1. The lowest BCUT2D eigenvalue weighted by Crippen LogP contribution is -2.40. The summed E-state index contributed by atoms with van der Waals surface area (Å²) in [5, 5.41) is 3.31. The van der Waals surface area contributed by atoms with E-state index in [1.165, 1.54) is 29.5 Å². The van der Waals surface area contributed by atoms with E-state index >= 15 is 0 Å². The molecule has 2 aliphatic rings. The van der Waals surface area contributed by atoms with Crippen LogP contribution in [0, 0.1) is 5.92 Å². The number of anilines is 1. The topological polar surface area (TPSA) is 96.7 Å². The van der Waals surface area contributed by atoms with Gasteiger partial charge in [-0.2, -0.15) is 0 Å². The monoisotopic (exact) mass is 419 g/mol. The number of benzene rings is 2. The summed E-state index contributed by atoms with van der Waals surface area (Å²) in [6, 6.07) is 14.8. The van der Waals surface area contributed by atoms with Gasteiger partial charge in [0.15, 0.2) is 5.96 Å². The molecule has 1 fully saturated rings. The molecule has 1 saturated heterocycles. The fraction of sp³-hybridized carbons (Fsp3) is 0.440. The first-order chi connectivity index (χ1) is 15.1. The Bertz CT molecular complexity index is 955. The quantitative estimate of drug-likeness (QED) is 0.495. The zero-order chi connectivity index (χ0) is 21.6. The molecule has 0 bridgehead atoms. The molecule has 0 aromatic heterocycles. The van der Waals surface area contributed by atoms with Gasteiger partial charge >= 0.3 is 0 Å². The number of amides is 1. The second-order valence-electron chi connectivity index (χ2n) is 8.77. The second-order valence-corrected chi connectivity index (χ2v) is 8.77. The van der Waals surface area contributed by atoms with E-state index in [2.05, 4.69) is 57.7 Å². The lowest BCUT2D eigenvalue weighted by atomic mass is 9.90. The largest absolute Gasteiger partial charge is 0.370 e. The van der Waals surface area contributed by atoms with Crippen LogP contribution in [0.15, 0.2) is 47.5 Å². The molecule has 4 rings (SSSR count). The number of nitrogens with two attached hydrogens (primary N) is 2. The van der Waals surface area contributed by atoms with Crippen molar-refractivity contribution in [2.45, 2.75) is 51.6 Å². The Labute approximate surface area is 184 Å². The number of carbonyl (C=O) groups is 1. The van der Waals surface area contributed by atoms with Crippen LogP contribution in [0.1, 0.15) is 47.9 Å². The molecule has 6 heteroatoms. The van der Waals surface area contributed by atoms with Crippen molar-refractivity contribution < 1.29 is 4.79 Å². The summed E-state index contributed by atoms with van der Waals surface area (Å²) in [5.41, 5.74) is 18.0. The van der Waals surface area contributed by atoms with Crippen LogP contribution in [0.4, 0.5) is 5.69 Å². The minimum Gasteiger partial charge on any atom is -0.370 e. The maximum atomic E-state index is 11.5. The number of rotatable bonds is 6. The molecule has 2 aromatic carbocycles. The van der Waals surface area contributed by atoms with Gasteiger partial charge in [-0.25, -0.2) is 4.99 Å². The van der Waals surface area contributed by atoms with E-state index < -0.39 is 0 Å². The van der Waals surface area contributed by atoms with Crippen molar-refractivity contribution in [1.29, 1.82) is 0 Å². The number of likely N-dealkylation sites (tertiary alicyclic amines) is 1. The van der Waals surface area contributed by atoms with Crippen LogP contribution in [0.5, 0.6) is 0 Å². The number of piperidine rings is 1. The molecule has 1 aliphatic heterocycles. The van der Waals surface area contributed by atoms with E-state index in [9.17, 15) is 4.79 Å². The third-order valence-electron chi connectivity index (χ3n) is 6.40. The fourth-order valence-electron chi connectivity index (χ4n) is 4.77. The average Bonchev–Trinajstić information content (AvgIpc) is 2.78. The summed E-state index contributed by atoms with van der Waals surface area (Å²) in [6.45, 7) is 3.11. The van der Waals surface area contributed by atoms with Gasteiger partial charge in [-0.15, -0.1) is 0 Å². The van der Waals surface area contributed by atoms with Crippen LogP contribution in [-0.2, 0) is 30.7 Å². The molecule has 5 N–H and O–H groups in total. The van der Waals surface area contributed by atoms with Gasteiger partial charge in [0.05, 0.1) is 12.5 Å². The van der Waals surface area contributed by atoms with Crippen LogP contribution < -0.4 is 16.8 Å². The Morgan fingerprint density at radius 3 is 2.74 bits per heavy atom. The molecule has 2 aromatic rings. The summed E-state index contributed by atoms with van der Waals surface area (Å²) < 4.78 is 0. The first kappa shape index (κ1) is 21.4. The first-order valence-corrected chi connectivity index (χ1v) is 11.4. The third kappa shape index (κ3) is 5.64. The maximum Gasteiger partial charge on any atom is 0.221 e. The molecule has 0 spiro atoms. The number of primary amides is 1. The molecule has 6 nitrogen and oxygen atoms in total. The van der Waals surface area contributed by atoms with Gasteiger partial charge in [0.2, 0.25) is 5.91 Å². The van der Waals surface area contributed by atoms with Crippen molar-refractivity contribution in [2.75, 3.05) is 18.4 Å². The summed E-state index contributed by atoms with van der Waals surface area (Å²) in [4.78, 5) is 18.4. The third-order valence-corrected chi connectivity index (χ3v) is 6.40. The number of nitrogens with zero attached hydrogens (tertiary/aromatic N) is 2. The minimum atomic E-state index is -0.185. The smallest absolute Gasteiger partial charge is 0.221 e. The number of aliphatic imine (C=N–C) groups is 1. The molecule has 31 heavy (non-hydrogen) atoms. The molecular formula is C25H33N5O. The Hall–Kier alpha value is -2.86. The number of hydrogen-bond acceptors (Lipinski definition) is 3. The van der Waals surface area contributed by atoms with Crippen LogP contribution >= 0.6 is 0 Å². The molecule has 1 aliphatic carbocycles. The van der Waals surface area contributed by atoms with E-state index in [0.29, 0.717) is 12.5 Å². The van der Waals surface area contributed by atoms with Crippen molar-refractivity contribution >= 4 is 17.6 Å². The average molecular weight is 420 g/mol. The van der Waals surface area contributed by atoms with Gasteiger partial charge in [0.25, 0.3) is 0 Å². The van der Waals surface area contributed by atoms with Crippen LogP contribution in [0.2, 0.25) is 0 Å². The van der Waals surface area contributed by atoms with Crippen LogP contribution in [0.25, 0.3) is 0 Å². The zero-order valence-electron chi connectivity index (χ0n) is 18.1. The first-order valence-electron chi connectivity index (χ1n) is 11.4. The highest BCUT2D eigenvalue weighted by atomic mass is 16.1. The van der Waals surface area contributed by atoms with Gasteiger partial charge in [0.1, 0.15) is 0 Å². The van der Waals surface area contributed by atoms with E-state index in [1.54, 1.807) is 0 Å². The predicted molar refractivity (Wildman–Crippen MR) is 126 cm³/mol. The highest BCUT2D eigenvalue weighted by molar-refractivity contribution is 5.93. The van der Waals surface area contributed by atoms with Crippen LogP contribution in [-0.4, -0.2) is 29.9 Å². The van der Waals surface area contributed by atoms with Gasteiger partial charge in [0, 0.05) is 18.8 Å². The van der Waals surface area contributed by atoms with Gasteiger partial charge in [-0.1, -0.05) is 36.4 Å². The van der Waals surface area contributed by atoms with Gasteiger partial charge < -0.3 is 16.8 Å². The highest BCUT2D eigenvalue weighted by Gasteiger charge is 2.23. The van der Waals surface area contributed by atoms with E-state index in [1.807, 2.05) is 0 Å². The molecule has 1 atom stereocenters. The minimum absolute atomic E-state index is 0.0314. The Kier molecular flexibility index (Phi) is 6.87. The maximum absolute atomic E-state index is 11.5. The van der Waals surface area contributed by atoms with E-state index in [0.717, 1.165) is 56.6 Å². The number of aryl methyl sites for hydroxylation is 1. The summed E-state index contributed by atoms with van der Waals surface area (Å²) >= 11 is 0. The standard InChI is InChI=1S/C25H33N5O/c26-24(31)21-10-5-13-30(17-21)16-19-7-3-6-18(14-19)15-28-25(27)29-23-12-4-9-20-8-1-2-11-22(20)23/h3-4,6-7,9,12,14,21H,1-2,5,8,10-11,13,15-17H2,(H2,26,31)(H3,27,28,29). The number of fused-ring (bicyclic) bond motifs is 1. The lowest BCUT2D eigenvalue weighted by Gasteiger charge is -2.31. The van der Waals surface area contributed by atoms with Crippen molar-refractivity contribution in [3.63, 3.8) is 0 Å². The lowest BCUT2D eigenvalue weighted by molar-refractivity contribution is -0.123. The molecule has 0 radical (unpaired) electrons. The zero-order valence-corrected chi connectivity index (χ0v) is 18.1. The normalized spacial score (nSPS) is 19.6. The van der Waals surface area contributed by atoms with Gasteiger partial charge in [-0.3, -0.25) is 9.69 Å². The second kappa shape index (κ2) is 9.96. The Balaban J connectivity index is 1.36.